The van der Waals surface area contributed by atoms with E-state index in [1.807, 2.05) is 18.8 Å². The Morgan fingerprint density at radius 1 is 0.630 bits per heavy atom. The Hall–Kier alpha value is -2.39. The molecule has 5 heteroatoms. The van der Waals surface area contributed by atoms with E-state index in [1.54, 1.807) is 0 Å². The van der Waals surface area contributed by atoms with Gasteiger partial charge in [-0.25, -0.2) is 4.67 Å². The molecule has 0 saturated carbocycles. The third-order valence-corrected chi connectivity index (χ3v) is 6.07. The van der Waals surface area contributed by atoms with Gasteiger partial charge in [0.1, 0.15) is 11.2 Å². The lowest BCUT2D eigenvalue weighted by Gasteiger charge is -2.05. The van der Waals surface area contributed by atoms with Crippen molar-refractivity contribution in [3.8, 4) is 0 Å². The zero-order chi connectivity index (χ0) is 17.7. The molecule has 0 aliphatic rings. The lowest BCUT2D eigenvalue weighted by Crippen LogP contribution is -2.02. The van der Waals surface area contributed by atoms with Crippen molar-refractivity contribution in [3.05, 3.63) is 72.8 Å². The molecule has 0 aliphatic carbocycles. The largest absolute Gasteiger partial charge is 0.408 e. The number of benzene rings is 4. The van der Waals surface area contributed by atoms with Crippen molar-refractivity contribution in [2.24, 2.45) is 0 Å². The van der Waals surface area contributed by atoms with Crippen molar-refractivity contribution in [2.45, 2.75) is 0 Å². The second-order valence-electron chi connectivity index (χ2n) is 6.59. The quantitative estimate of drug-likeness (QED) is 0.297. The summed E-state index contributed by atoms with van der Waals surface area (Å²) < 4.78 is 14.7. The molecule has 5 aromatic rings. The molecule has 0 atom stereocenters. The van der Waals surface area contributed by atoms with Gasteiger partial charge in [0.2, 0.25) is 0 Å². The summed E-state index contributed by atoms with van der Waals surface area (Å²) in [5, 5.41) is 6.99. The molecule has 0 spiro atoms. The van der Waals surface area contributed by atoms with Gasteiger partial charge < -0.3 is 8.39 Å². The highest BCUT2D eigenvalue weighted by Gasteiger charge is 2.13. The van der Waals surface area contributed by atoms with Crippen LogP contribution in [0.1, 0.15) is 0 Å². The Bertz CT molecular complexity index is 1230. The van der Waals surface area contributed by atoms with Crippen LogP contribution in [-0.2, 0) is 0 Å². The number of rotatable bonds is 1. The molecule has 0 bridgehead atoms. The first kappa shape index (κ1) is 18.0. The molecule has 3 nitrogen and oxygen atoms in total. The minimum Gasteiger partial charge on any atom is -0.408 e. The number of hydrogen-bond donors (Lipinski definition) is 0. The standard InChI is InChI=1S/C22H18NO2P.S/c1-23(2)26-24-19-13-11-15-7-3-5-9-17(15)21(19)22-18-10-6-4-8-16(18)12-14-20(22)25-26;/h3-14H,1-2H3;. The highest BCUT2D eigenvalue weighted by Crippen LogP contribution is 2.40. The molecule has 4 aromatic carbocycles. The van der Waals surface area contributed by atoms with Crippen molar-refractivity contribution >= 4 is 65.1 Å². The van der Waals surface area contributed by atoms with Crippen LogP contribution < -0.4 is 4.67 Å². The van der Waals surface area contributed by atoms with Crippen molar-refractivity contribution in [1.82, 2.24) is 0 Å². The molecule has 2 radical (unpaired) electrons. The predicted octanol–water partition coefficient (Wildman–Crippen LogP) is 7.44. The molecule has 0 N–H and O–H groups in total. The van der Waals surface area contributed by atoms with Crippen molar-refractivity contribution in [1.29, 1.82) is 0 Å². The van der Waals surface area contributed by atoms with E-state index in [4.69, 9.17) is 8.39 Å². The topological polar surface area (TPSA) is 29.5 Å². The van der Waals surface area contributed by atoms with E-state index in [9.17, 15) is 0 Å². The summed E-state index contributed by atoms with van der Waals surface area (Å²) >= 11 is 0. The third-order valence-electron chi connectivity index (χ3n) is 4.71. The maximum atomic E-state index is 6.33. The van der Waals surface area contributed by atoms with E-state index in [1.165, 1.54) is 21.5 Å². The highest BCUT2D eigenvalue weighted by molar-refractivity contribution is 7.59. The Morgan fingerprint density at radius 3 is 1.52 bits per heavy atom. The Labute approximate surface area is 165 Å². The molecule has 0 fully saturated rings. The molecule has 1 heterocycles. The Morgan fingerprint density at radius 2 is 1.07 bits per heavy atom. The SMILES string of the molecule is CN(C)p1oc2ccc3ccccc3c2c2c(ccc3ccccc32)o1.[S]. The molecular weight excluding hydrogens is 373 g/mol. The van der Waals surface area contributed by atoms with E-state index in [0.717, 1.165) is 21.9 Å². The van der Waals surface area contributed by atoms with Crippen LogP contribution in [0.4, 0.5) is 0 Å². The van der Waals surface area contributed by atoms with Crippen molar-refractivity contribution in [3.63, 3.8) is 0 Å². The second-order valence-corrected chi connectivity index (χ2v) is 8.23. The lowest BCUT2D eigenvalue weighted by molar-refractivity contribution is 0.635. The fraction of sp³-hybridized carbons (Fsp3) is 0.0909. The van der Waals surface area contributed by atoms with Crippen LogP contribution in [0.15, 0.2) is 81.2 Å². The molecule has 1 aromatic heterocycles. The fourth-order valence-electron chi connectivity index (χ4n) is 3.52. The summed E-state index contributed by atoms with van der Waals surface area (Å²) in [7, 11) is 2.76. The molecule has 27 heavy (non-hydrogen) atoms. The molecule has 134 valence electrons. The van der Waals surface area contributed by atoms with Gasteiger partial charge in [-0.2, -0.15) is 0 Å². The van der Waals surface area contributed by atoms with Crippen LogP contribution in [-0.4, -0.2) is 14.1 Å². The zero-order valence-corrected chi connectivity index (χ0v) is 16.8. The molecule has 0 aliphatic heterocycles. The third kappa shape index (κ3) is 2.90. The minimum absolute atomic E-state index is 0. The maximum absolute atomic E-state index is 6.33. The van der Waals surface area contributed by atoms with E-state index in [-0.39, 0.29) is 13.5 Å². The smallest absolute Gasteiger partial charge is 0.309 e. The molecule has 0 saturated heterocycles. The summed E-state index contributed by atoms with van der Waals surface area (Å²) in [4.78, 5) is 0. The van der Waals surface area contributed by atoms with E-state index in [0.29, 0.717) is 0 Å². The first-order chi connectivity index (χ1) is 12.7. The van der Waals surface area contributed by atoms with Gasteiger partial charge in [0, 0.05) is 38.4 Å². The van der Waals surface area contributed by atoms with Gasteiger partial charge in [-0.05, 0) is 33.7 Å². The van der Waals surface area contributed by atoms with Gasteiger partial charge >= 0.3 is 8.16 Å². The lowest BCUT2D eigenvalue weighted by atomic mass is 9.99. The predicted molar refractivity (Wildman–Crippen MR) is 119 cm³/mol. The Balaban J connectivity index is 0.00000180. The summed E-state index contributed by atoms with van der Waals surface area (Å²) in [5.41, 5.74) is 1.75. The second kappa shape index (κ2) is 6.97. The van der Waals surface area contributed by atoms with E-state index < -0.39 is 8.16 Å². The highest BCUT2D eigenvalue weighted by atomic mass is 32.1. The Kier molecular flexibility index (Phi) is 4.65. The van der Waals surface area contributed by atoms with Crippen LogP contribution >= 0.6 is 21.7 Å². The van der Waals surface area contributed by atoms with Crippen LogP contribution in [0.5, 0.6) is 0 Å². The number of hydrogen-bond acceptors (Lipinski definition) is 3. The number of nitrogens with zero attached hydrogens (tertiary/aromatic N) is 1. The van der Waals surface area contributed by atoms with Gasteiger partial charge in [-0.15, -0.1) is 0 Å². The van der Waals surface area contributed by atoms with Gasteiger partial charge in [0.25, 0.3) is 0 Å². The molecular formula is C22H18NO2PS. The van der Waals surface area contributed by atoms with Crippen LogP contribution in [0.25, 0.3) is 43.5 Å². The van der Waals surface area contributed by atoms with Crippen molar-refractivity contribution in [2.75, 3.05) is 18.8 Å². The van der Waals surface area contributed by atoms with Gasteiger partial charge in [0.15, 0.2) is 0 Å². The van der Waals surface area contributed by atoms with Gasteiger partial charge in [-0.1, -0.05) is 60.7 Å². The zero-order valence-electron chi connectivity index (χ0n) is 15.0. The summed E-state index contributed by atoms with van der Waals surface area (Å²) in [6.45, 7) is 0. The summed E-state index contributed by atoms with van der Waals surface area (Å²) in [5.74, 6) is 0. The minimum atomic E-state index is -1.21. The average Bonchev–Trinajstić information content (AvgIpc) is 2.85. The fourth-order valence-corrected chi connectivity index (χ4v) is 4.53. The van der Waals surface area contributed by atoms with E-state index in [2.05, 4.69) is 72.8 Å². The van der Waals surface area contributed by atoms with Crippen molar-refractivity contribution < 1.29 is 8.39 Å². The maximum Gasteiger partial charge on any atom is 0.309 e. The molecule has 0 unspecified atom stereocenters. The number of fused-ring (bicyclic) bond motifs is 7. The van der Waals surface area contributed by atoms with Gasteiger partial charge in [-0.3, -0.25) is 0 Å². The van der Waals surface area contributed by atoms with Crippen LogP contribution in [0, 0.1) is 0 Å². The summed E-state index contributed by atoms with van der Waals surface area (Å²) in [6.07, 6.45) is 0. The molecule has 0 amide bonds. The average molecular weight is 391 g/mol. The first-order valence-electron chi connectivity index (χ1n) is 8.59. The van der Waals surface area contributed by atoms with Gasteiger partial charge in [0.05, 0.1) is 0 Å². The van der Waals surface area contributed by atoms with E-state index >= 15 is 0 Å². The first-order valence-corrected chi connectivity index (χ1v) is 9.72. The molecule has 5 rings (SSSR count). The van der Waals surface area contributed by atoms with Crippen LogP contribution in [0.2, 0.25) is 0 Å². The monoisotopic (exact) mass is 391 g/mol. The normalized spacial score (nSPS) is 11.4. The summed E-state index contributed by atoms with van der Waals surface area (Å²) in [6, 6.07) is 25.3. The van der Waals surface area contributed by atoms with Crippen LogP contribution in [0.3, 0.4) is 0 Å².